The number of phenols is 1. The van der Waals surface area contributed by atoms with Gasteiger partial charge in [-0.3, -0.25) is 4.89 Å². The van der Waals surface area contributed by atoms with Crippen LogP contribution in [0, 0.1) is 0 Å². The Morgan fingerprint density at radius 2 is 1.04 bits per heavy atom. The molecule has 146 valence electrons. The molecule has 3 aromatic carbocycles. The van der Waals surface area contributed by atoms with E-state index < -0.39 is 15.6 Å². The van der Waals surface area contributed by atoms with Crippen LogP contribution in [0.4, 0.5) is 0 Å². The average Bonchev–Trinajstić information content (AvgIpc) is 2.64. The molecule has 2 N–H and O–H groups in total. The van der Waals surface area contributed by atoms with Gasteiger partial charge in [-0.25, -0.2) is 9.13 Å². The number of hydrogen-bond donors (Lipinski definition) is 2. The zero-order valence-corrected chi connectivity index (χ0v) is 16.1. The predicted octanol–water partition coefficient (Wildman–Crippen LogP) is 5.15. The third kappa shape index (κ3) is 5.87. The van der Waals surface area contributed by atoms with Crippen molar-refractivity contribution in [2.45, 2.75) is 0 Å². The first-order valence-electron chi connectivity index (χ1n) is 7.96. The van der Waals surface area contributed by atoms with Crippen molar-refractivity contribution >= 4 is 15.6 Å². The van der Waals surface area contributed by atoms with Crippen LogP contribution in [0.5, 0.6) is 23.0 Å². The van der Waals surface area contributed by atoms with E-state index in [1.807, 2.05) is 0 Å². The second kappa shape index (κ2) is 8.50. The van der Waals surface area contributed by atoms with Gasteiger partial charge in [0, 0.05) is 0 Å². The molecule has 10 heteroatoms. The van der Waals surface area contributed by atoms with Crippen molar-refractivity contribution in [3.8, 4) is 23.0 Å². The van der Waals surface area contributed by atoms with Crippen molar-refractivity contribution < 1.29 is 37.0 Å². The third-order valence-corrected chi connectivity index (χ3v) is 6.12. The van der Waals surface area contributed by atoms with Crippen molar-refractivity contribution in [3.63, 3.8) is 0 Å². The van der Waals surface area contributed by atoms with Gasteiger partial charge in [0.2, 0.25) is 0 Å². The highest BCUT2D eigenvalue weighted by Crippen LogP contribution is 2.62. The van der Waals surface area contributed by atoms with E-state index in [0.29, 0.717) is 0 Å². The monoisotopic (exact) mass is 422 g/mol. The molecule has 0 saturated heterocycles. The molecule has 0 saturated carbocycles. The molecule has 2 unspecified atom stereocenters. The number of benzene rings is 3. The van der Waals surface area contributed by atoms with Crippen LogP contribution in [0.1, 0.15) is 0 Å². The summed E-state index contributed by atoms with van der Waals surface area (Å²) >= 11 is 0. The van der Waals surface area contributed by atoms with Gasteiger partial charge in [0.25, 0.3) is 0 Å². The Hall–Kier alpha value is -2.76. The molecule has 3 aromatic rings. The van der Waals surface area contributed by atoms with Crippen molar-refractivity contribution in [3.05, 3.63) is 84.9 Å². The van der Waals surface area contributed by atoms with Crippen LogP contribution in [-0.4, -0.2) is 10.00 Å². The van der Waals surface area contributed by atoms with Crippen LogP contribution in [0.25, 0.3) is 0 Å². The molecule has 28 heavy (non-hydrogen) atoms. The Kier molecular flexibility index (Phi) is 6.07. The lowest BCUT2D eigenvalue weighted by atomic mass is 10.3. The summed E-state index contributed by atoms with van der Waals surface area (Å²) in [4.78, 5) is 10.0. The Morgan fingerprint density at radius 1 is 0.607 bits per heavy atom. The van der Waals surface area contributed by atoms with Gasteiger partial charge in [0.1, 0.15) is 23.0 Å². The van der Waals surface area contributed by atoms with E-state index in [0.717, 1.165) is 0 Å². The lowest BCUT2D eigenvalue weighted by Crippen LogP contribution is -2.06. The summed E-state index contributed by atoms with van der Waals surface area (Å²) in [5.74, 6) is 0.0534. The molecule has 0 fully saturated rings. The normalized spacial score (nSPS) is 15.0. The number of aromatic hydroxyl groups is 1. The molecule has 0 amide bonds. The maximum atomic E-state index is 13.1. The van der Waals surface area contributed by atoms with Crippen LogP contribution in [-0.2, 0) is 13.4 Å². The fourth-order valence-corrected chi connectivity index (χ4v) is 4.65. The van der Waals surface area contributed by atoms with Gasteiger partial charge in [-0.2, -0.15) is 4.31 Å². The van der Waals surface area contributed by atoms with Gasteiger partial charge in [0.05, 0.1) is 0 Å². The number of para-hydroxylation sites is 2. The summed E-state index contributed by atoms with van der Waals surface area (Å²) in [6.07, 6.45) is 0. The van der Waals surface area contributed by atoms with E-state index in [1.54, 1.807) is 36.4 Å². The lowest BCUT2D eigenvalue weighted by molar-refractivity contribution is 0.238. The quantitative estimate of drug-likeness (QED) is 0.479. The van der Waals surface area contributed by atoms with Crippen molar-refractivity contribution in [2.24, 2.45) is 0 Å². The van der Waals surface area contributed by atoms with E-state index in [4.69, 9.17) is 17.9 Å². The average molecular weight is 422 g/mol. The number of phenolic OH excluding ortho intramolecular Hbond substituents is 1. The zero-order chi connectivity index (χ0) is 20.0. The Labute approximate surface area is 161 Å². The molecule has 0 radical (unpaired) electrons. The summed E-state index contributed by atoms with van der Waals surface area (Å²) in [7, 11) is -9.54. The van der Waals surface area contributed by atoms with E-state index in [2.05, 4.69) is 0 Å². The Bertz CT molecular complexity index is 993. The summed E-state index contributed by atoms with van der Waals surface area (Å²) in [6.45, 7) is 0. The highest BCUT2D eigenvalue weighted by Gasteiger charge is 2.42. The predicted molar refractivity (Wildman–Crippen MR) is 101 cm³/mol. The van der Waals surface area contributed by atoms with Gasteiger partial charge in [-0.15, -0.1) is 0 Å². The van der Waals surface area contributed by atoms with Crippen LogP contribution in [0.2, 0.25) is 0 Å². The highest BCUT2D eigenvalue weighted by atomic mass is 31.3. The van der Waals surface area contributed by atoms with Crippen molar-refractivity contribution in [1.29, 1.82) is 0 Å². The molecular formula is C18H16O8P2. The van der Waals surface area contributed by atoms with E-state index in [9.17, 15) is 19.1 Å². The summed E-state index contributed by atoms with van der Waals surface area (Å²) in [5, 5.41) is 9.35. The minimum Gasteiger partial charge on any atom is -0.508 e. The van der Waals surface area contributed by atoms with E-state index >= 15 is 0 Å². The molecule has 0 aliphatic heterocycles. The summed E-state index contributed by atoms with van der Waals surface area (Å²) in [5.41, 5.74) is 0. The molecule has 0 aliphatic rings. The van der Waals surface area contributed by atoms with Crippen LogP contribution in [0.15, 0.2) is 84.9 Å². The number of hydrogen-bond acceptors (Lipinski definition) is 7. The largest absolute Gasteiger partial charge is 0.597 e. The maximum Gasteiger partial charge on any atom is 0.597 e. The SMILES string of the molecule is O=P(O)(Oc1ccccc1)OP(=O)(Oc1ccccc1)Oc1ccc(O)cc1. The number of phosphoric acid groups is 2. The standard InChI is InChI=1S/C18H16O8P2/c19-15-11-13-18(14-12-15)25-28(22,24-17-9-5-2-6-10-17)26-27(20,21)23-16-7-3-1-4-8-16/h1-14,19H,(H,20,21). The molecule has 3 rings (SSSR count). The van der Waals surface area contributed by atoms with Crippen LogP contribution in [0.3, 0.4) is 0 Å². The van der Waals surface area contributed by atoms with Crippen molar-refractivity contribution in [2.75, 3.05) is 0 Å². The van der Waals surface area contributed by atoms with Gasteiger partial charge in [-0.1, -0.05) is 36.4 Å². The smallest absolute Gasteiger partial charge is 0.508 e. The first-order valence-corrected chi connectivity index (χ1v) is 10.9. The number of rotatable bonds is 8. The molecule has 0 spiro atoms. The molecular weight excluding hydrogens is 406 g/mol. The zero-order valence-electron chi connectivity index (χ0n) is 14.3. The van der Waals surface area contributed by atoms with Gasteiger partial charge < -0.3 is 18.7 Å². The highest BCUT2D eigenvalue weighted by molar-refractivity contribution is 7.62. The first kappa shape index (κ1) is 20.0. The second-order valence-electron chi connectivity index (χ2n) is 5.39. The maximum absolute atomic E-state index is 13.1. The van der Waals surface area contributed by atoms with E-state index in [1.165, 1.54) is 48.5 Å². The van der Waals surface area contributed by atoms with Crippen LogP contribution < -0.4 is 13.6 Å². The van der Waals surface area contributed by atoms with Gasteiger partial charge in [-0.05, 0) is 48.5 Å². The summed E-state index contributed by atoms with van der Waals surface area (Å²) in [6, 6.07) is 20.7. The molecule has 0 aliphatic carbocycles. The third-order valence-electron chi connectivity index (χ3n) is 3.18. The van der Waals surface area contributed by atoms with Crippen molar-refractivity contribution in [1.82, 2.24) is 0 Å². The molecule has 0 bridgehead atoms. The van der Waals surface area contributed by atoms with E-state index in [-0.39, 0.29) is 23.0 Å². The molecule has 0 aromatic heterocycles. The fourth-order valence-electron chi connectivity index (χ4n) is 2.06. The number of phosphoric ester groups is 2. The second-order valence-corrected chi connectivity index (χ2v) is 8.42. The minimum absolute atomic E-state index is 0.0169. The lowest BCUT2D eigenvalue weighted by Gasteiger charge is -2.21. The summed E-state index contributed by atoms with van der Waals surface area (Å²) < 4.78 is 45.7. The molecule has 0 heterocycles. The van der Waals surface area contributed by atoms with Crippen LogP contribution >= 0.6 is 15.6 Å². The molecule has 2 atom stereocenters. The first-order chi connectivity index (χ1) is 13.3. The Balaban J connectivity index is 1.85. The van der Waals surface area contributed by atoms with Gasteiger partial charge >= 0.3 is 15.6 Å². The topological polar surface area (TPSA) is 112 Å². The Morgan fingerprint density at radius 3 is 1.54 bits per heavy atom. The fraction of sp³-hybridized carbons (Fsp3) is 0. The van der Waals surface area contributed by atoms with Gasteiger partial charge in [0.15, 0.2) is 0 Å². The minimum atomic E-state index is -4.88. The molecule has 8 nitrogen and oxygen atoms in total.